The quantitative estimate of drug-likeness (QED) is 0.559. The van der Waals surface area contributed by atoms with Gasteiger partial charge in [-0.3, -0.25) is 13.9 Å². The fourth-order valence-corrected chi connectivity index (χ4v) is 2.37. The van der Waals surface area contributed by atoms with Gasteiger partial charge in [0.05, 0.1) is 6.33 Å². The van der Waals surface area contributed by atoms with E-state index < -0.39 is 13.9 Å². The summed E-state index contributed by atoms with van der Waals surface area (Å²) in [5.41, 5.74) is -0.159. The van der Waals surface area contributed by atoms with Crippen LogP contribution in [0.25, 0.3) is 11.2 Å². The Kier molecular flexibility index (Phi) is 5.00. The average Bonchev–Trinajstić information content (AvgIpc) is 2.92. The Labute approximate surface area is 120 Å². The Morgan fingerprint density at radius 3 is 2.86 bits per heavy atom. The monoisotopic (exact) mass is 315 g/mol. The molecule has 114 valence electrons. The van der Waals surface area contributed by atoms with Crippen molar-refractivity contribution in [3.63, 3.8) is 0 Å². The summed E-state index contributed by atoms with van der Waals surface area (Å²) in [5, 5.41) is 0. The first-order chi connectivity index (χ1) is 10.0. The second-order valence-corrected chi connectivity index (χ2v) is 5.27. The molecule has 0 amide bonds. The third kappa shape index (κ3) is 3.44. The molecular weight excluding hydrogens is 299 g/mol. The molecular formula is C11H16N4O5P+. The van der Waals surface area contributed by atoms with Gasteiger partial charge in [0.25, 0.3) is 5.56 Å². The molecule has 0 aliphatic rings. The molecule has 0 aliphatic carbocycles. The molecule has 1 atom stereocenters. The topological polar surface area (TPSA) is 119 Å². The minimum absolute atomic E-state index is 0.179. The van der Waals surface area contributed by atoms with Crippen molar-refractivity contribution in [1.82, 2.24) is 19.1 Å². The van der Waals surface area contributed by atoms with Crippen molar-refractivity contribution in [3.05, 3.63) is 27.2 Å². The first-order valence-electron chi connectivity index (χ1n) is 6.44. The molecule has 0 spiro atoms. The van der Waals surface area contributed by atoms with Crippen LogP contribution >= 0.6 is 8.25 Å². The van der Waals surface area contributed by atoms with Crippen LogP contribution in [0.3, 0.4) is 0 Å². The van der Waals surface area contributed by atoms with E-state index in [1.54, 1.807) is 7.05 Å². The molecule has 0 bridgehead atoms. The number of aromatic amines is 1. The number of H-pyrrole nitrogens is 1. The van der Waals surface area contributed by atoms with Gasteiger partial charge in [0.15, 0.2) is 5.65 Å². The van der Waals surface area contributed by atoms with Crippen molar-refractivity contribution >= 4 is 19.4 Å². The van der Waals surface area contributed by atoms with Gasteiger partial charge in [-0.2, -0.15) is 0 Å². The van der Waals surface area contributed by atoms with Crippen LogP contribution in [0.4, 0.5) is 0 Å². The summed E-state index contributed by atoms with van der Waals surface area (Å²) in [6.07, 6.45) is 3.24. The number of aryl methyl sites for hydroxylation is 1. The van der Waals surface area contributed by atoms with E-state index in [0.29, 0.717) is 30.4 Å². The van der Waals surface area contributed by atoms with E-state index in [1.165, 1.54) is 10.9 Å². The molecule has 0 radical (unpaired) electrons. The predicted molar refractivity (Wildman–Crippen MR) is 75.2 cm³/mol. The Morgan fingerprint density at radius 2 is 2.14 bits per heavy atom. The summed E-state index contributed by atoms with van der Waals surface area (Å²) in [6, 6.07) is 0. The maximum Gasteiger partial charge on any atom is 0.694 e. The second kappa shape index (κ2) is 6.75. The molecule has 0 fully saturated rings. The molecule has 2 rings (SSSR count). The third-order valence-corrected chi connectivity index (χ3v) is 3.55. The van der Waals surface area contributed by atoms with E-state index in [4.69, 9.17) is 4.89 Å². The number of hydrogen-bond donors (Lipinski definition) is 2. The highest BCUT2D eigenvalue weighted by atomic mass is 31.1. The molecule has 2 N–H and O–H groups in total. The van der Waals surface area contributed by atoms with Crippen molar-refractivity contribution in [3.8, 4) is 0 Å². The molecule has 0 saturated carbocycles. The number of unbranched alkanes of at least 4 members (excludes halogenated alkanes) is 2. The van der Waals surface area contributed by atoms with Crippen LogP contribution in [-0.4, -0.2) is 30.6 Å². The van der Waals surface area contributed by atoms with E-state index in [0.717, 1.165) is 4.57 Å². The lowest BCUT2D eigenvalue weighted by atomic mass is 10.2. The maximum atomic E-state index is 12.2. The van der Waals surface area contributed by atoms with E-state index in [2.05, 4.69) is 14.5 Å². The highest BCUT2D eigenvalue weighted by Gasteiger charge is 2.13. The summed E-state index contributed by atoms with van der Waals surface area (Å²) < 4.78 is 17.3. The highest BCUT2D eigenvalue weighted by molar-refractivity contribution is 7.32. The normalized spacial score (nSPS) is 12.0. The van der Waals surface area contributed by atoms with Gasteiger partial charge in [-0.25, -0.2) is 9.78 Å². The molecule has 0 aliphatic heterocycles. The smallest absolute Gasteiger partial charge is 0.339 e. The van der Waals surface area contributed by atoms with Gasteiger partial charge in [0.1, 0.15) is 12.1 Å². The maximum absolute atomic E-state index is 12.2. The standard InChI is InChI=1S/C11H15N4O5P/c1-14-9-8(12-7-13-9)10(16)15(11(14)17)5-3-2-4-6-20-21(18)19/h7H,2-6H2,1H3,(H-,12,13,16,18,19)/p+1. The largest absolute Gasteiger partial charge is 0.694 e. The first kappa shape index (κ1) is 15.6. The zero-order valence-electron chi connectivity index (χ0n) is 11.5. The second-order valence-electron chi connectivity index (χ2n) is 4.53. The summed E-state index contributed by atoms with van der Waals surface area (Å²) in [7, 11) is -1.00. The SMILES string of the molecule is Cn1c(=O)n(CCCCCO[P+](=O)O)c(=O)c2[nH]cnc21. The van der Waals surface area contributed by atoms with Crippen LogP contribution < -0.4 is 11.2 Å². The van der Waals surface area contributed by atoms with Crippen LogP contribution in [0, 0.1) is 0 Å². The van der Waals surface area contributed by atoms with E-state index in [9.17, 15) is 14.2 Å². The van der Waals surface area contributed by atoms with Crippen molar-refractivity contribution in [2.24, 2.45) is 7.05 Å². The molecule has 2 aromatic rings. The van der Waals surface area contributed by atoms with Crippen LogP contribution in [0.2, 0.25) is 0 Å². The van der Waals surface area contributed by atoms with Crippen LogP contribution in [0.15, 0.2) is 15.9 Å². The zero-order valence-corrected chi connectivity index (χ0v) is 12.4. The number of imidazole rings is 1. The lowest BCUT2D eigenvalue weighted by Crippen LogP contribution is -2.39. The van der Waals surface area contributed by atoms with Gasteiger partial charge in [-0.15, -0.1) is 9.42 Å². The van der Waals surface area contributed by atoms with Crippen LogP contribution in [0.5, 0.6) is 0 Å². The highest BCUT2D eigenvalue weighted by Crippen LogP contribution is 2.15. The number of rotatable bonds is 7. The van der Waals surface area contributed by atoms with Crippen molar-refractivity contribution in [1.29, 1.82) is 0 Å². The predicted octanol–water partition coefficient (Wildman–Crippen LogP) is 0.260. The minimum Gasteiger partial charge on any atom is -0.339 e. The fraction of sp³-hybridized carbons (Fsp3) is 0.545. The molecule has 0 saturated heterocycles. The Morgan fingerprint density at radius 1 is 1.38 bits per heavy atom. The summed E-state index contributed by atoms with van der Waals surface area (Å²) in [6.45, 7) is 0.462. The van der Waals surface area contributed by atoms with E-state index in [1.807, 2.05) is 0 Å². The number of nitrogens with zero attached hydrogens (tertiary/aromatic N) is 3. The number of fused-ring (bicyclic) bond motifs is 1. The third-order valence-electron chi connectivity index (χ3n) is 3.14. The van der Waals surface area contributed by atoms with Crippen LogP contribution in [0.1, 0.15) is 19.3 Å². The Balaban J connectivity index is 2.04. The Bertz CT molecular complexity index is 762. The molecule has 10 heteroatoms. The molecule has 1 unspecified atom stereocenters. The first-order valence-corrected chi connectivity index (χ1v) is 7.57. The van der Waals surface area contributed by atoms with Crippen molar-refractivity contribution in [2.75, 3.05) is 6.61 Å². The number of aromatic nitrogens is 4. The number of hydrogen-bond acceptors (Lipinski definition) is 5. The lowest BCUT2D eigenvalue weighted by Gasteiger charge is -2.07. The van der Waals surface area contributed by atoms with E-state index in [-0.39, 0.29) is 18.7 Å². The van der Waals surface area contributed by atoms with Crippen molar-refractivity contribution in [2.45, 2.75) is 25.8 Å². The molecule has 0 aromatic carbocycles. The van der Waals surface area contributed by atoms with Gasteiger partial charge >= 0.3 is 13.9 Å². The van der Waals surface area contributed by atoms with Crippen LogP contribution in [-0.2, 0) is 22.7 Å². The zero-order chi connectivity index (χ0) is 15.4. The van der Waals surface area contributed by atoms with Gasteiger partial charge in [-0.1, -0.05) is 0 Å². The fourth-order valence-electron chi connectivity index (χ4n) is 2.08. The summed E-state index contributed by atoms with van der Waals surface area (Å²) in [5.74, 6) is 0. The molecule has 2 aromatic heterocycles. The summed E-state index contributed by atoms with van der Waals surface area (Å²) in [4.78, 5) is 39.4. The molecule has 21 heavy (non-hydrogen) atoms. The van der Waals surface area contributed by atoms with Gasteiger partial charge < -0.3 is 4.98 Å². The lowest BCUT2D eigenvalue weighted by molar-refractivity contribution is 0.273. The molecule has 2 heterocycles. The Hall–Kier alpha value is -1.83. The van der Waals surface area contributed by atoms with Gasteiger partial charge in [0.2, 0.25) is 0 Å². The molecule has 9 nitrogen and oxygen atoms in total. The van der Waals surface area contributed by atoms with Gasteiger partial charge in [-0.05, 0) is 19.3 Å². The number of nitrogens with one attached hydrogen (secondary N) is 1. The van der Waals surface area contributed by atoms with Gasteiger partial charge in [0, 0.05) is 18.2 Å². The van der Waals surface area contributed by atoms with Crippen molar-refractivity contribution < 1.29 is 14.0 Å². The minimum atomic E-state index is -2.56. The van der Waals surface area contributed by atoms with E-state index >= 15 is 0 Å². The summed E-state index contributed by atoms with van der Waals surface area (Å²) >= 11 is 0. The average molecular weight is 315 g/mol.